The minimum Gasteiger partial charge on any atom is -0.354 e. The number of alkyl halides is 2. The van der Waals surface area contributed by atoms with Gasteiger partial charge in [-0.25, -0.2) is 0 Å². The van der Waals surface area contributed by atoms with Crippen LogP contribution in [0.15, 0.2) is 18.2 Å². The largest absolute Gasteiger partial charge is 0.354 e. The Morgan fingerprint density at radius 1 is 0.840 bits per heavy atom. The third kappa shape index (κ3) is 9.00. The van der Waals surface area contributed by atoms with Crippen LogP contribution in [0.3, 0.4) is 0 Å². The Labute approximate surface area is 168 Å². The molecule has 25 heavy (non-hydrogen) atoms. The maximum Gasteiger partial charge on any atom is 0.254 e. The van der Waals surface area contributed by atoms with Crippen LogP contribution in [0.4, 0.5) is 0 Å². The van der Waals surface area contributed by atoms with Crippen molar-refractivity contribution in [1.82, 2.24) is 10.6 Å². The van der Waals surface area contributed by atoms with Crippen LogP contribution in [0.2, 0.25) is 10.0 Å². The average Bonchev–Trinajstić information content (AvgIpc) is 2.56. The molecule has 0 aliphatic carbocycles. The molecule has 0 spiro atoms. The monoisotopic (exact) mass is 426 g/mol. The summed E-state index contributed by atoms with van der Waals surface area (Å²) in [5.41, 5.74) is 0.323. The highest BCUT2D eigenvalue weighted by molar-refractivity contribution is 6.53. The van der Waals surface area contributed by atoms with Gasteiger partial charge in [-0.15, -0.1) is 0 Å². The van der Waals surface area contributed by atoms with Crippen molar-refractivity contribution in [1.29, 1.82) is 0 Å². The molecule has 0 aliphatic rings. The quantitative estimate of drug-likeness (QED) is 0.386. The van der Waals surface area contributed by atoms with Gasteiger partial charge in [0.25, 0.3) is 11.8 Å². The van der Waals surface area contributed by atoms with E-state index in [0.717, 1.165) is 38.5 Å². The van der Waals surface area contributed by atoms with Crippen LogP contribution in [0.25, 0.3) is 0 Å². The van der Waals surface area contributed by atoms with Gasteiger partial charge in [0.1, 0.15) is 0 Å². The Bertz CT molecular complexity index is 547. The molecule has 0 unspecified atom stereocenters. The Hall–Kier alpha value is -0.680. The summed E-state index contributed by atoms with van der Waals surface area (Å²) < 4.78 is 0. The smallest absolute Gasteiger partial charge is 0.254 e. The van der Waals surface area contributed by atoms with E-state index in [9.17, 15) is 9.59 Å². The average molecular weight is 428 g/mol. The highest BCUT2D eigenvalue weighted by atomic mass is 35.5. The van der Waals surface area contributed by atoms with E-state index in [4.69, 9.17) is 46.4 Å². The van der Waals surface area contributed by atoms with Gasteiger partial charge < -0.3 is 10.6 Å². The molecule has 0 fully saturated rings. The first-order valence-electron chi connectivity index (χ1n) is 8.21. The molecule has 0 saturated carbocycles. The second kappa shape index (κ2) is 12.6. The highest BCUT2D eigenvalue weighted by Crippen LogP contribution is 2.23. The molecule has 0 saturated heterocycles. The van der Waals surface area contributed by atoms with E-state index in [1.54, 1.807) is 18.2 Å². The van der Waals surface area contributed by atoms with Gasteiger partial charge in [0, 0.05) is 13.1 Å². The summed E-state index contributed by atoms with van der Waals surface area (Å²) in [4.78, 5) is 22.2. The van der Waals surface area contributed by atoms with Crippen LogP contribution in [-0.4, -0.2) is 29.7 Å². The molecular formula is C17H22Cl4N2O2. The van der Waals surface area contributed by atoms with Crippen LogP contribution in [0.5, 0.6) is 0 Å². The summed E-state index contributed by atoms with van der Waals surface area (Å²) in [5.74, 6) is -0.596. The number of carbonyl (C=O) groups is 2. The van der Waals surface area contributed by atoms with Crippen LogP contribution in [0, 0.1) is 0 Å². The molecule has 0 aliphatic heterocycles. The van der Waals surface area contributed by atoms with E-state index in [-0.39, 0.29) is 11.8 Å². The molecule has 140 valence electrons. The van der Waals surface area contributed by atoms with Crippen molar-refractivity contribution in [2.24, 2.45) is 0 Å². The molecule has 2 amide bonds. The number of nitrogens with one attached hydrogen (secondary N) is 2. The highest BCUT2D eigenvalue weighted by Gasteiger charge is 2.13. The van der Waals surface area contributed by atoms with Gasteiger partial charge in [-0.3, -0.25) is 9.59 Å². The Balaban J connectivity index is 2.04. The molecule has 0 heterocycles. The van der Waals surface area contributed by atoms with Gasteiger partial charge >= 0.3 is 0 Å². The fraction of sp³-hybridized carbons (Fsp3) is 0.529. The van der Waals surface area contributed by atoms with Gasteiger partial charge in [-0.2, -0.15) is 0 Å². The van der Waals surface area contributed by atoms with Crippen molar-refractivity contribution in [2.75, 3.05) is 13.1 Å². The minimum absolute atomic E-state index is 0.247. The topological polar surface area (TPSA) is 58.2 Å². The van der Waals surface area contributed by atoms with Gasteiger partial charge in [0.15, 0.2) is 4.84 Å². The fourth-order valence-corrected chi connectivity index (χ4v) is 2.97. The van der Waals surface area contributed by atoms with Gasteiger partial charge in [0.2, 0.25) is 0 Å². The van der Waals surface area contributed by atoms with Gasteiger partial charge in [0.05, 0.1) is 15.6 Å². The number of carbonyl (C=O) groups excluding carboxylic acids is 2. The first kappa shape index (κ1) is 22.4. The number of hydrogen-bond donors (Lipinski definition) is 2. The lowest BCUT2D eigenvalue weighted by molar-refractivity contribution is -0.119. The summed E-state index contributed by atoms with van der Waals surface area (Å²) in [6, 6.07) is 4.99. The lowest BCUT2D eigenvalue weighted by atomic mass is 10.1. The van der Waals surface area contributed by atoms with Crippen molar-refractivity contribution in [2.45, 2.75) is 43.4 Å². The molecule has 8 heteroatoms. The van der Waals surface area contributed by atoms with Crippen molar-refractivity contribution in [3.05, 3.63) is 33.8 Å². The van der Waals surface area contributed by atoms with Crippen molar-refractivity contribution >= 4 is 58.2 Å². The second-order valence-corrected chi connectivity index (χ2v) is 7.48. The van der Waals surface area contributed by atoms with E-state index >= 15 is 0 Å². The standard InChI is InChI=1S/C17H22Cl4N2O2/c18-12-8-7-9-13(19)14(12)16(24)22-10-5-3-1-2-4-6-11-23-17(25)15(20)21/h7-9,15H,1-6,10-11H2,(H,22,24)(H,23,25). The maximum absolute atomic E-state index is 12.1. The lowest BCUT2D eigenvalue weighted by Gasteiger charge is -2.08. The zero-order valence-electron chi connectivity index (χ0n) is 13.8. The van der Waals surface area contributed by atoms with E-state index < -0.39 is 4.84 Å². The maximum atomic E-state index is 12.1. The summed E-state index contributed by atoms with van der Waals surface area (Å²) in [6.45, 7) is 1.17. The normalized spacial score (nSPS) is 10.8. The van der Waals surface area contributed by atoms with Crippen LogP contribution < -0.4 is 10.6 Å². The van der Waals surface area contributed by atoms with Crippen LogP contribution >= 0.6 is 46.4 Å². The minimum atomic E-state index is -1.00. The Morgan fingerprint density at radius 2 is 1.32 bits per heavy atom. The first-order chi connectivity index (χ1) is 11.9. The fourth-order valence-electron chi connectivity index (χ4n) is 2.25. The second-order valence-electron chi connectivity index (χ2n) is 5.57. The number of hydrogen-bond acceptors (Lipinski definition) is 2. The summed E-state index contributed by atoms with van der Waals surface area (Å²) in [7, 11) is 0. The number of rotatable bonds is 11. The molecule has 0 aromatic heterocycles. The Morgan fingerprint density at radius 3 is 1.84 bits per heavy atom. The van der Waals surface area contributed by atoms with Crippen molar-refractivity contribution in [3.8, 4) is 0 Å². The number of benzene rings is 1. The molecule has 1 aromatic carbocycles. The van der Waals surface area contributed by atoms with Crippen molar-refractivity contribution in [3.63, 3.8) is 0 Å². The van der Waals surface area contributed by atoms with E-state index in [1.165, 1.54) is 0 Å². The SMILES string of the molecule is O=C(NCCCCCCCCNC(=O)C(Cl)Cl)c1c(Cl)cccc1Cl. The summed E-state index contributed by atoms with van der Waals surface area (Å²) >= 11 is 22.8. The van der Waals surface area contributed by atoms with Crippen molar-refractivity contribution < 1.29 is 9.59 Å². The first-order valence-corrected chi connectivity index (χ1v) is 9.84. The van der Waals surface area contributed by atoms with Crippen LogP contribution in [0.1, 0.15) is 48.9 Å². The Kier molecular flexibility index (Phi) is 11.3. The molecule has 0 radical (unpaired) electrons. The van der Waals surface area contributed by atoms with Gasteiger partial charge in [-0.05, 0) is 25.0 Å². The number of amides is 2. The molecular weight excluding hydrogens is 406 g/mol. The molecule has 1 aromatic rings. The van der Waals surface area contributed by atoms with Crippen LogP contribution in [-0.2, 0) is 4.79 Å². The number of halogens is 4. The molecule has 4 nitrogen and oxygen atoms in total. The zero-order valence-corrected chi connectivity index (χ0v) is 16.8. The zero-order chi connectivity index (χ0) is 18.7. The number of unbranched alkanes of at least 4 members (excludes halogenated alkanes) is 5. The summed E-state index contributed by atoms with van der Waals surface area (Å²) in [6.07, 6.45) is 5.99. The summed E-state index contributed by atoms with van der Waals surface area (Å²) in [5, 5.41) is 6.20. The lowest BCUT2D eigenvalue weighted by Crippen LogP contribution is -2.29. The third-order valence-corrected chi connectivity index (χ3v) is 4.60. The molecule has 0 atom stereocenters. The predicted octanol–water partition coefficient (Wildman–Crippen LogP) is 4.98. The molecule has 1 rings (SSSR count). The van der Waals surface area contributed by atoms with Gasteiger partial charge in [-0.1, -0.05) is 78.2 Å². The van der Waals surface area contributed by atoms with E-state index in [0.29, 0.717) is 28.7 Å². The third-order valence-electron chi connectivity index (χ3n) is 3.58. The van der Waals surface area contributed by atoms with E-state index in [1.807, 2.05) is 0 Å². The molecule has 2 N–H and O–H groups in total. The molecule has 0 bridgehead atoms. The predicted molar refractivity (Wildman–Crippen MR) is 105 cm³/mol. The van der Waals surface area contributed by atoms with E-state index in [2.05, 4.69) is 10.6 Å².